The fourth-order valence-electron chi connectivity index (χ4n) is 1.19. The molecule has 0 saturated heterocycles. The monoisotopic (exact) mass is 225 g/mol. The average molecular weight is 225 g/mol. The lowest BCUT2D eigenvalue weighted by Gasteiger charge is -2.04. The van der Waals surface area contributed by atoms with E-state index in [4.69, 9.17) is 10.8 Å². The van der Waals surface area contributed by atoms with Crippen LogP contribution in [-0.2, 0) is 0 Å². The van der Waals surface area contributed by atoms with Gasteiger partial charge in [0, 0.05) is 4.90 Å². The molecule has 3 nitrogen and oxygen atoms in total. The number of hydrogen-bond donors (Lipinski definition) is 2. The van der Waals surface area contributed by atoms with Crippen molar-refractivity contribution in [2.45, 2.75) is 18.2 Å². The maximum Gasteiger partial charge on any atom is 0.335 e. The first-order valence-electron chi connectivity index (χ1n) is 4.82. The Labute approximate surface area is 93.7 Å². The van der Waals surface area contributed by atoms with Crippen LogP contribution in [0.3, 0.4) is 0 Å². The third-order valence-electron chi connectivity index (χ3n) is 2.06. The number of hydrogen-bond acceptors (Lipinski definition) is 3. The summed E-state index contributed by atoms with van der Waals surface area (Å²) in [5.74, 6) is 0.0623. The van der Waals surface area contributed by atoms with Gasteiger partial charge in [0.1, 0.15) is 0 Å². The van der Waals surface area contributed by atoms with Crippen LogP contribution in [0.2, 0.25) is 0 Å². The van der Waals surface area contributed by atoms with E-state index in [-0.39, 0.29) is 0 Å². The number of carboxylic acids is 1. The zero-order valence-corrected chi connectivity index (χ0v) is 9.51. The second-order valence-corrected chi connectivity index (χ2v) is 4.44. The smallest absolute Gasteiger partial charge is 0.335 e. The summed E-state index contributed by atoms with van der Waals surface area (Å²) >= 11 is 1.64. The van der Waals surface area contributed by atoms with Crippen molar-refractivity contribution in [3.05, 3.63) is 29.3 Å². The van der Waals surface area contributed by atoms with E-state index in [2.05, 4.69) is 0 Å². The minimum atomic E-state index is -0.867. The Kier molecular flexibility index (Phi) is 4.65. The largest absolute Gasteiger partial charge is 0.478 e. The van der Waals surface area contributed by atoms with Crippen molar-refractivity contribution in [2.75, 3.05) is 12.3 Å². The van der Waals surface area contributed by atoms with Crippen LogP contribution < -0.4 is 5.73 Å². The van der Waals surface area contributed by atoms with Gasteiger partial charge in [-0.3, -0.25) is 0 Å². The zero-order chi connectivity index (χ0) is 11.3. The van der Waals surface area contributed by atoms with Crippen molar-refractivity contribution in [1.82, 2.24) is 0 Å². The molecular formula is C11H15NO2S. The SMILES string of the molecule is Cc1ccc(SCCCN)cc1C(=O)O. The molecule has 0 fully saturated rings. The summed E-state index contributed by atoms with van der Waals surface area (Å²) in [4.78, 5) is 11.9. The molecule has 0 spiro atoms. The molecule has 1 aromatic rings. The van der Waals surface area contributed by atoms with Crippen LogP contribution >= 0.6 is 11.8 Å². The molecule has 0 aliphatic heterocycles. The molecule has 82 valence electrons. The topological polar surface area (TPSA) is 63.3 Å². The molecular weight excluding hydrogens is 210 g/mol. The Morgan fingerprint density at radius 3 is 2.87 bits per heavy atom. The molecule has 0 bridgehead atoms. The highest BCUT2D eigenvalue weighted by molar-refractivity contribution is 7.99. The molecule has 0 aliphatic rings. The summed E-state index contributed by atoms with van der Waals surface area (Å²) in [7, 11) is 0. The van der Waals surface area contributed by atoms with Crippen molar-refractivity contribution in [2.24, 2.45) is 5.73 Å². The predicted octanol–water partition coefficient (Wildman–Crippen LogP) is 2.13. The van der Waals surface area contributed by atoms with Gasteiger partial charge >= 0.3 is 5.97 Å². The summed E-state index contributed by atoms with van der Waals surface area (Å²) < 4.78 is 0. The lowest BCUT2D eigenvalue weighted by atomic mass is 10.1. The first-order valence-corrected chi connectivity index (χ1v) is 5.80. The number of carbonyl (C=O) groups is 1. The summed E-state index contributed by atoms with van der Waals surface area (Å²) in [6.07, 6.45) is 0.945. The van der Waals surface area contributed by atoms with Crippen molar-refractivity contribution in [3.8, 4) is 0 Å². The second kappa shape index (κ2) is 5.78. The van der Waals surface area contributed by atoms with Crippen molar-refractivity contribution in [1.29, 1.82) is 0 Å². The summed E-state index contributed by atoms with van der Waals surface area (Å²) in [5, 5.41) is 8.93. The predicted molar refractivity (Wildman–Crippen MR) is 62.5 cm³/mol. The second-order valence-electron chi connectivity index (χ2n) is 3.27. The van der Waals surface area contributed by atoms with E-state index in [0.29, 0.717) is 12.1 Å². The lowest BCUT2D eigenvalue weighted by molar-refractivity contribution is 0.0696. The minimum Gasteiger partial charge on any atom is -0.478 e. The summed E-state index contributed by atoms with van der Waals surface area (Å²) in [5.41, 5.74) is 6.57. The molecule has 0 amide bonds. The Balaban J connectivity index is 2.74. The van der Waals surface area contributed by atoms with E-state index in [1.165, 1.54) is 0 Å². The molecule has 0 unspecified atom stereocenters. The van der Waals surface area contributed by atoms with Gasteiger partial charge in [0.2, 0.25) is 0 Å². The van der Waals surface area contributed by atoms with Gasteiger partial charge in [0.05, 0.1) is 5.56 Å². The highest BCUT2D eigenvalue weighted by atomic mass is 32.2. The number of benzene rings is 1. The quantitative estimate of drug-likeness (QED) is 0.595. The molecule has 3 N–H and O–H groups in total. The number of thioether (sulfide) groups is 1. The molecule has 0 heterocycles. The molecule has 0 radical (unpaired) electrons. The molecule has 0 aliphatic carbocycles. The van der Waals surface area contributed by atoms with E-state index in [1.54, 1.807) is 24.8 Å². The summed E-state index contributed by atoms with van der Waals surface area (Å²) in [6, 6.07) is 5.51. The van der Waals surface area contributed by atoms with Gasteiger partial charge in [-0.15, -0.1) is 11.8 Å². The fourth-order valence-corrected chi connectivity index (χ4v) is 2.11. The van der Waals surface area contributed by atoms with Gasteiger partial charge in [-0.25, -0.2) is 4.79 Å². The Morgan fingerprint density at radius 2 is 2.27 bits per heavy atom. The Morgan fingerprint density at radius 1 is 1.53 bits per heavy atom. The van der Waals surface area contributed by atoms with E-state index in [0.717, 1.165) is 22.6 Å². The van der Waals surface area contributed by atoms with Crippen molar-refractivity contribution >= 4 is 17.7 Å². The van der Waals surface area contributed by atoms with E-state index >= 15 is 0 Å². The van der Waals surface area contributed by atoms with Gasteiger partial charge in [0.15, 0.2) is 0 Å². The third kappa shape index (κ3) is 3.57. The molecule has 0 aromatic heterocycles. The number of aromatic carboxylic acids is 1. The van der Waals surface area contributed by atoms with Crippen LogP contribution in [0.1, 0.15) is 22.3 Å². The molecule has 0 atom stereocenters. The van der Waals surface area contributed by atoms with Crippen LogP contribution in [0.5, 0.6) is 0 Å². The van der Waals surface area contributed by atoms with Crippen molar-refractivity contribution in [3.63, 3.8) is 0 Å². The fraction of sp³-hybridized carbons (Fsp3) is 0.364. The number of rotatable bonds is 5. The van der Waals surface area contributed by atoms with E-state index in [9.17, 15) is 4.79 Å². The zero-order valence-electron chi connectivity index (χ0n) is 8.69. The van der Waals surface area contributed by atoms with Gasteiger partial charge in [-0.1, -0.05) is 6.07 Å². The lowest BCUT2D eigenvalue weighted by Crippen LogP contribution is -2.01. The average Bonchev–Trinajstić information content (AvgIpc) is 2.20. The van der Waals surface area contributed by atoms with Crippen LogP contribution in [0.25, 0.3) is 0 Å². The van der Waals surface area contributed by atoms with E-state index in [1.807, 2.05) is 12.1 Å². The first-order chi connectivity index (χ1) is 7.15. The standard InChI is InChI=1S/C11H15NO2S/c1-8-3-4-9(15-6-2-5-12)7-10(8)11(13)14/h3-4,7H,2,5-6,12H2,1H3,(H,13,14). The van der Waals surface area contributed by atoms with Crippen LogP contribution in [-0.4, -0.2) is 23.4 Å². The highest BCUT2D eigenvalue weighted by Crippen LogP contribution is 2.21. The molecule has 4 heteroatoms. The van der Waals surface area contributed by atoms with Crippen molar-refractivity contribution < 1.29 is 9.90 Å². The molecule has 1 rings (SSSR count). The Bertz CT molecular complexity index is 352. The van der Waals surface area contributed by atoms with E-state index < -0.39 is 5.97 Å². The molecule has 1 aromatic carbocycles. The van der Waals surface area contributed by atoms with Gasteiger partial charge < -0.3 is 10.8 Å². The maximum absolute atomic E-state index is 10.9. The molecule has 0 saturated carbocycles. The third-order valence-corrected chi connectivity index (χ3v) is 3.14. The maximum atomic E-state index is 10.9. The molecule has 15 heavy (non-hydrogen) atoms. The highest BCUT2D eigenvalue weighted by Gasteiger charge is 2.07. The van der Waals surface area contributed by atoms with Gasteiger partial charge in [0.25, 0.3) is 0 Å². The first kappa shape index (κ1) is 12.1. The van der Waals surface area contributed by atoms with Crippen LogP contribution in [0.4, 0.5) is 0 Å². The normalized spacial score (nSPS) is 10.3. The number of nitrogens with two attached hydrogens (primary N) is 1. The van der Waals surface area contributed by atoms with Gasteiger partial charge in [-0.2, -0.15) is 0 Å². The minimum absolute atomic E-state index is 0.382. The van der Waals surface area contributed by atoms with Crippen LogP contribution in [0, 0.1) is 6.92 Å². The number of carboxylic acid groups (broad SMARTS) is 1. The Hall–Kier alpha value is -1.00. The summed E-state index contributed by atoms with van der Waals surface area (Å²) in [6.45, 7) is 2.47. The van der Waals surface area contributed by atoms with Crippen LogP contribution in [0.15, 0.2) is 23.1 Å². The number of aryl methyl sites for hydroxylation is 1. The van der Waals surface area contributed by atoms with Gasteiger partial charge in [-0.05, 0) is 43.3 Å².